The highest BCUT2D eigenvalue weighted by Crippen LogP contribution is 2.20. The number of H-pyrrole nitrogens is 1. The lowest BCUT2D eigenvalue weighted by molar-refractivity contribution is 0.590. The number of hydrogen-bond donors (Lipinski definition) is 2. The van der Waals surface area contributed by atoms with Crippen molar-refractivity contribution in [2.45, 2.75) is 26.7 Å². The van der Waals surface area contributed by atoms with E-state index in [4.69, 9.17) is 17.3 Å². The van der Waals surface area contributed by atoms with E-state index in [-0.39, 0.29) is 0 Å². The number of nitrogens with zero attached hydrogens (tertiary/aromatic N) is 1. The van der Waals surface area contributed by atoms with E-state index in [2.05, 4.69) is 24.0 Å². The first-order valence-electron chi connectivity index (χ1n) is 4.60. The van der Waals surface area contributed by atoms with Crippen molar-refractivity contribution >= 4 is 11.6 Å². The average Bonchev–Trinajstić information content (AvgIpc) is 2.48. The number of nitrogens with two attached hydrogens (primary N) is 1. The summed E-state index contributed by atoms with van der Waals surface area (Å²) >= 11 is 5.94. The van der Waals surface area contributed by atoms with Gasteiger partial charge in [0.2, 0.25) is 0 Å². The molecule has 1 atom stereocenters. The van der Waals surface area contributed by atoms with Crippen LogP contribution in [0.15, 0.2) is 0 Å². The van der Waals surface area contributed by atoms with E-state index < -0.39 is 0 Å². The van der Waals surface area contributed by atoms with Gasteiger partial charge in [0.25, 0.3) is 0 Å². The van der Waals surface area contributed by atoms with Crippen molar-refractivity contribution in [3.8, 4) is 0 Å². The summed E-state index contributed by atoms with van der Waals surface area (Å²) in [5.41, 5.74) is 7.81. The maximum Gasteiger partial charge on any atom is 0.154 e. The van der Waals surface area contributed by atoms with E-state index in [1.54, 1.807) is 0 Å². The zero-order valence-corrected chi connectivity index (χ0v) is 8.86. The molecule has 0 saturated carbocycles. The van der Waals surface area contributed by atoms with E-state index in [1.807, 2.05) is 0 Å². The molecule has 3 N–H and O–H groups in total. The van der Waals surface area contributed by atoms with Crippen molar-refractivity contribution in [2.24, 2.45) is 11.7 Å². The van der Waals surface area contributed by atoms with Crippen molar-refractivity contribution in [3.05, 3.63) is 16.4 Å². The molecule has 0 aliphatic carbocycles. The van der Waals surface area contributed by atoms with Crippen molar-refractivity contribution in [3.63, 3.8) is 0 Å². The second-order valence-electron chi connectivity index (χ2n) is 3.37. The van der Waals surface area contributed by atoms with Gasteiger partial charge in [-0.3, -0.25) is 5.10 Å². The first-order valence-corrected chi connectivity index (χ1v) is 4.98. The molecule has 0 spiro atoms. The average molecular weight is 202 g/mol. The Kier molecular flexibility index (Phi) is 3.75. The fourth-order valence-electron chi connectivity index (χ4n) is 1.31. The van der Waals surface area contributed by atoms with Crippen molar-refractivity contribution < 1.29 is 0 Å². The number of rotatable bonds is 4. The van der Waals surface area contributed by atoms with Gasteiger partial charge in [-0.05, 0) is 25.3 Å². The van der Waals surface area contributed by atoms with E-state index >= 15 is 0 Å². The van der Waals surface area contributed by atoms with Crippen molar-refractivity contribution in [1.82, 2.24) is 10.2 Å². The van der Waals surface area contributed by atoms with Crippen LogP contribution in [-0.2, 0) is 12.8 Å². The molecule has 1 aromatic heterocycles. The molecule has 13 heavy (non-hydrogen) atoms. The molecule has 3 nitrogen and oxygen atoms in total. The van der Waals surface area contributed by atoms with Gasteiger partial charge in [-0.15, -0.1) is 0 Å². The molecule has 0 aliphatic rings. The largest absolute Gasteiger partial charge is 0.330 e. The van der Waals surface area contributed by atoms with Gasteiger partial charge in [0.1, 0.15) is 0 Å². The molecule has 1 unspecified atom stereocenters. The van der Waals surface area contributed by atoms with Crippen LogP contribution in [0.3, 0.4) is 0 Å². The van der Waals surface area contributed by atoms with Crippen LogP contribution in [0.25, 0.3) is 0 Å². The van der Waals surface area contributed by atoms with E-state index in [0.717, 1.165) is 24.1 Å². The van der Waals surface area contributed by atoms with E-state index in [9.17, 15) is 0 Å². The maximum atomic E-state index is 5.94. The molecule has 0 saturated heterocycles. The smallest absolute Gasteiger partial charge is 0.154 e. The number of aromatic amines is 1. The summed E-state index contributed by atoms with van der Waals surface area (Å²) in [6.45, 7) is 4.88. The first-order chi connectivity index (χ1) is 6.19. The van der Waals surface area contributed by atoms with E-state index in [0.29, 0.717) is 17.6 Å². The molecule has 0 bridgehead atoms. The minimum Gasteiger partial charge on any atom is -0.330 e. The Morgan fingerprint density at radius 3 is 2.85 bits per heavy atom. The summed E-state index contributed by atoms with van der Waals surface area (Å²) in [7, 11) is 0. The predicted octanol–water partition coefficient (Wildman–Crippen LogP) is 1.76. The van der Waals surface area contributed by atoms with Gasteiger partial charge in [-0.2, -0.15) is 5.10 Å². The van der Waals surface area contributed by atoms with Crippen LogP contribution >= 0.6 is 11.6 Å². The number of aryl methyl sites for hydroxylation is 1. The molecule has 1 rings (SSSR count). The third kappa shape index (κ3) is 2.45. The van der Waals surface area contributed by atoms with Gasteiger partial charge in [-0.25, -0.2) is 0 Å². The molecule has 1 aromatic rings. The lowest BCUT2D eigenvalue weighted by Gasteiger charge is -2.07. The summed E-state index contributed by atoms with van der Waals surface area (Å²) in [4.78, 5) is 0. The number of halogens is 1. The molecular weight excluding hydrogens is 186 g/mol. The van der Waals surface area contributed by atoms with Gasteiger partial charge in [0.15, 0.2) is 5.15 Å². The minimum absolute atomic E-state index is 0.459. The Morgan fingerprint density at radius 2 is 2.31 bits per heavy atom. The van der Waals surface area contributed by atoms with Gasteiger partial charge in [0, 0.05) is 11.3 Å². The SMILES string of the molecule is CCc1[nH]nc(Cl)c1CC(C)CN. The quantitative estimate of drug-likeness (QED) is 0.780. The Bertz CT molecular complexity index is 270. The molecule has 74 valence electrons. The number of hydrogen-bond acceptors (Lipinski definition) is 2. The van der Waals surface area contributed by atoms with Crippen LogP contribution < -0.4 is 5.73 Å². The molecule has 0 aliphatic heterocycles. The lowest BCUT2D eigenvalue weighted by atomic mass is 10.0. The monoisotopic (exact) mass is 201 g/mol. The zero-order chi connectivity index (χ0) is 9.84. The third-order valence-electron chi connectivity index (χ3n) is 2.21. The molecule has 4 heteroatoms. The fraction of sp³-hybridized carbons (Fsp3) is 0.667. The normalized spacial score (nSPS) is 13.2. The van der Waals surface area contributed by atoms with Gasteiger partial charge < -0.3 is 5.73 Å². The highest BCUT2D eigenvalue weighted by molar-refractivity contribution is 6.30. The van der Waals surface area contributed by atoms with Gasteiger partial charge in [-0.1, -0.05) is 25.4 Å². The van der Waals surface area contributed by atoms with Crippen LogP contribution in [0.5, 0.6) is 0 Å². The van der Waals surface area contributed by atoms with Crippen molar-refractivity contribution in [2.75, 3.05) is 6.54 Å². The van der Waals surface area contributed by atoms with Crippen LogP contribution in [0.4, 0.5) is 0 Å². The van der Waals surface area contributed by atoms with Gasteiger partial charge in [0.05, 0.1) is 0 Å². The van der Waals surface area contributed by atoms with Crippen LogP contribution in [0.2, 0.25) is 5.15 Å². The van der Waals surface area contributed by atoms with Crippen LogP contribution in [0.1, 0.15) is 25.1 Å². The second-order valence-corrected chi connectivity index (χ2v) is 3.73. The summed E-state index contributed by atoms with van der Waals surface area (Å²) in [5, 5.41) is 7.50. The molecule has 0 amide bonds. The molecule has 1 heterocycles. The van der Waals surface area contributed by atoms with Crippen LogP contribution in [0, 0.1) is 5.92 Å². The highest BCUT2D eigenvalue weighted by Gasteiger charge is 2.12. The highest BCUT2D eigenvalue weighted by atomic mass is 35.5. The zero-order valence-electron chi connectivity index (χ0n) is 8.10. The maximum absolute atomic E-state index is 5.94. The minimum atomic E-state index is 0.459. The van der Waals surface area contributed by atoms with Crippen LogP contribution in [-0.4, -0.2) is 16.7 Å². The van der Waals surface area contributed by atoms with Gasteiger partial charge >= 0.3 is 0 Å². The molecule has 0 fully saturated rings. The number of nitrogens with one attached hydrogen (secondary N) is 1. The Labute approximate surface area is 83.7 Å². The summed E-state index contributed by atoms with van der Waals surface area (Å²) in [6.07, 6.45) is 1.85. The first kappa shape index (κ1) is 10.5. The predicted molar refractivity (Wildman–Crippen MR) is 54.9 cm³/mol. The standard InChI is InChI=1S/C9H16ClN3/c1-3-8-7(4-6(2)5-11)9(10)13-12-8/h6H,3-5,11H2,1-2H3,(H,12,13). The fourth-order valence-corrected chi connectivity index (χ4v) is 1.54. The summed E-state index contributed by atoms with van der Waals surface area (Å²) in [6, 6.07) is 0. The Hall–Kier alpha value is -0.540. The third-order valence-corrected chi connectivity index (χ3v) is 2.52. The molecule has 0 radical (unpaired) electrons. The van der Waals surface area contributed by atoms with Crippen molar-refractivity contribution in [1.29, 1.82) is 0 Å². The second kappa shape index (κ2) is 4.63. The lowest BCUT2D eigenvalue weighted by Crippen LogP contribution is -2.13. The Balaban J connectivity index is 2.79. The van der Waals surface area contributed by atoms with E-state index in [1.165, 1.54) is 0 Å². The molecule has 0 aromatic carbocycles. The summed E-state index contributed by atoms with van der Waals surface area (Å²) in [5.74, 6) is 0.459. The topological polar surface area (TPSA) is 54.7 Å². The number of aromatic nitrogens is 2. The molecular formula is C9H16ClN3. The summed E-state index contributed by atoms with van der Waals surface area (Å²) < 4.78 is 0. The Morgan fingerprint density at radius 1 is 1.62 bits per heavy atom.